The van der Waals surface area contributed by atoms with Crippen molar-refractivity contribution in [3.8, 4) is 16.9 Å². The van der Waals surface area contributed by atoms with E-state index in [0.29, 0.717) is 0 Å². The van der Waals surface area contributed by atoms with Crippen LogP contribution in [0.15, 0.2) is 85.1 Å². The van der Waals surface area contributed by atoms with Gasteiger partial charge in [0.1, 0.15) is 5.69 Å². The zero-order valence-electron chi connectivity index (χ0n) is 14.4. The largest absolute Gasteiger partial charge is 0.256 e. The Morgan fingerprint density at radius 2 is 1.54 bits per heavy atom. The smallest absolute Gasteiger partial charge is 0.101 e. The summed E-state index contributed by atoms with van der Waals surface area (Å²) in [4.78, 5) is 4.52. The Morgan fingerprint density at radius 3 is 2.35 bits per heavy atom. The van der Waals surface area contributed by atoms with Crippen molar-refractivity contribution in [3.63, 3.8) is 0 Å². The minimum atomic E-state index is 0.979. The van der Waals surface area contributed by atoms with E-state index in [0.717, 1.165) is 38.8 Å². The maximum atomic E-state index is 5.00. The third kappa shape index (κ3) is 2.29. The molecule has 0 saturated carbocycles. The highest BCUT2D eigenvalue weighted by atomic mass is 15.3. The maximum Gasteiger partial charge on any atom is 0.101 e. The van der Waals surface area contributed by atoms with Crippen LogP contribution in [0.3, 0.4) is 0 Å². The van der Waals surface area contributed by atoms with Crippen LogP contribution in [0.1, 0.15) is 5.56 Å². The average Bonchev–Trinajstić information content (AvgIpc) is 3.09. The van der Waals surface area contributed by atoms with Gasteiger partial charge in [-0.25, -0.2) is 4.68 Å². The number of aromatic nitrogens is 3. The Hall–Kier alpha value is -3.46. The quantitative estimate of drug-likeness (QED) is 0.423. The van der Waals surface area contributed by atoms with Crippen molar-refractivity contribution in [1.82, 2.24) is 14.8 Å². The van der Waals surface area contributed by atoms with Crippen molar-refractivity contribution in [2.75, 3.05) is 0 Å². The molecule has 2 heterocycles. The Morgan fingerprint density at radius 1 is 0.731 bits per heavy atom. The molecule has 5 aromatic rings. The highest BCUT2D eigenvalue weighted by molar-refractivity contribution is 6.09. The number of aryl methyl sites for hydroxylation is 1. The van der Waals surface area contributed by atoms with Crippen LogP contribution in [-0.4, -0.2) is 14.8 Å². The van der Waals surface area contributed by atoms with Crippen LogP contribution < -0.4 is 0 Å². The molecule has 3 nitrogen and oxygen atoms in total. The van der Waals surface area contributed by atoms with Gasteiger partial charge in [-0.3, -0.25) is 4.98 Å². The molecule has 0 unspecified atom stereocenters. The first-order valence-corrected chi connectivity index (χ1v) is 8.70. The second kappa shape index (κ2) is 5.81. The fourth-order valence-corrected chi connectivity index (χ4v) is 3.44. The van der Waals surface area contributed by atoms with Crippen molar-refractivity contribution < 1.29 is 0 Å². The first-order valence-electron chi connectivity index (χ1n) is 8.70. The van der Waals surface area contributed by atoms with Crippen LogP contribution in [0, 0.1) is 6.92 Å². The number of pyridine rings is 1. The molecule has 3 heteroatoms. The minimum Gasteiger partial charge on any atom is -0.256 e. The van der Waals surface area contributed by atoms with Crippen molar-refractivity contribution in [2.24, 2.45) is 0 Å². The molecule has 124 valence electrons. The van der Waals surface area contributed by atoms with E-state index >= 15 is 0 Å². The first kappa shape index (κ1) is 14.8. The summed E-state index contributed by atoms with van der Waals surface area (Å²) < 4.78 is 2.04. The molecule has 0 saturated heterocycles. The van der Waals surface area contributed by atoms with Crippen molar-refractivity contribution in [1.29, 1.82) is 0 Å². The van der Waals surface area contributed by atoms with E-state index in [-0.39, 0.29) is 0 Å². The number of benzene rings is 3. The Balaban J connectivity index is 1.90. The van der Waals surface area contributed by atoms with Crippen LogP contribution in [0.2, 0.25) is 0 Å². The molecule has 0 amide bonds. The molecule has 0 spiro atoms. The predicted molar refractivity (Wildman–Crippen MR) is 107 cm³/mol. The van der Waals surface area contributed by atoms with Crippen LogP contribution in [0.25, 0.3) is 38.8 Å². The molecule has 5 rings (SSSR count). The highest BCUT2D eigenvalue weighted by Gasteiger charge is 2.16. The van der Waals surface area contributed by atoms with Gasteiger partial charge in [-0.1, -0.05) is 48.0 Å². The standard InChI is InChI=1S/C23H17N3/c1-16-9-11-17(12-10-16)22-20-13-14-21-19(8-5-15-24-21)23(20)26(25-22)18-6-3-2-4-7-18/h2-15H,1H3. The summed E-state index contributed by atoms with van der Waals surface area (Å²) in [5.41, 5.74) is 6.49. The Labute approximate surface area is 151 Å². The van der Waals surface area contributed by atoms with Crippen LogP contribution in [-0.2, 0) is 0 Å². The van der Waals surface area contributed by atoms with Gasteiger partial charge in [0.2, 0.25) is 0 Å². The molecule has 0 aliphatic rings. The number of fused-ring (bicyclic) bond motifs is 3. The number of nitrogens with zero attached hydrogens (tertiary/aromatic N) is 3. The van der Waals surface area contributed by atoms with Crippen molar-refractivity contribution in [2.45, 2.75) is 6.92 Å². The number of hydrogen-bond acceptors (Lipinski definition) is 2. The van der Waals surface area contributed by atoms with Crippen LogP contribution >= 0.6 is 0 Å². The van der Waals surface area contributed by atoms with Gasteiger partial charge in [0, 0.05) is 22.5 Å². The third-order valence-corrected chi connectivity index (χ3v) is 4.75. The zero-order valence-corrected chi connectivity index (χ0v) is 14.4. The molecule has 0 atom stereocenters. The molecule has 0 radical (unpaired) electrons. The lowest BCUT2D eigenvalue weighted by Gasteiger charge is -2.05. The minimum absolute atomic E-state index is 0.979. The van der Waals surface area contributed by atoms with E-state index in [1.54, 1.807) is 0 Å². The van der Waals surface area contributed by atoms with Crippen LogP contribution in [0.4, 0.5) is 0 Å². The summed E-state index contributed by atoms with van der Waals surface area (Å²) in [6.45, 7) is 2.10. The lowest BCUT2D eigenvalue weighted by atomic mass is 10.0. The van der Waals surface area contributed by atoms with Crippen molar-refractivity contribution >= 4 is 21.8 Å². The van der Waals surface area contributed by atoms with Gasteiger partial charge in [0.25, 0.3) is 0 Å². The molecule has 0 aliphatic carbocycles. The summed E-state index contributed by atoms with van der Waals surface area (Å²) in [5, 5.41) is 7.25. The fourth-order valence-electron chi connectivity index (χ4n) is 3.44. The lowest BCUT2D eigenvalue weighted by molar-refractivity contribution is 0.917. The predicted octanol–water partition coefficient (Wildman–Crippen LogP) is 5.55. The van der Waals surface area contributed by atoms with Crippen molar-refractivity contribution in [3.05, 3.63) is 90.6 Å². The molecule has 0 bridgehead atoms. The van der Waals surface area contributed by atoms with Gasteiger partial charge in [0.05, 0.1) is 16.7 Å². The monoisotopic (exact) mass is 335 g/mol. The Kier molecular flexibility index (Phi) is 3.32. The van der Waals surface area contributed by atoms with E-state index in [4.69, 9.17) is 5.10 Å². The molecular formula is C23H17N3. The second-order valence-electron chi connectivity index (χ2n) is 6.49. The summed E-state index contributed by atoms with van der Waals surface area (Å²) in [5.74, 6) is 0. The third-order valence-electron chi connectivity index (χ3n) is 4.75. The zero-order chi connectivity index (χ0) is 17.5. The summed E-state index contributed by atoms with van der Waals surface area (Å²) >= 11 is 0. The van der Waals surface area contributed by atoms with Gasteiger partial charge in [0.15, 0.2) is 0 Å². The van der Waals surface area contributed by atoms with E-state index in [9.17, 15) is 0 Å². The first-order chi connectivity index (χ1) is 12.8. The molecule has 0 N–H and O–H groups in total. The summed E-state index contributed by atoms with van der Waals surface area (Å²) in [6.07, 6.45) is 1.83. The van der Waals surface area contributed by atoms with E-state index < -0.39 is 0 Å². The van der Waals surface area contributed by atoms with Gasteiger partial charge < -0.3 is 0 Å². The van der Waals surface area contributed by atoms with Gasteiger partial charge in [-0.15, -0.1) is 0 Å². The molecule has 3 aromatic carbocycles. The fraction of sp³-hybridized carbons (Fsp3) is 0.0435. The van der Waals surface area contributed by atoms with Crippen LogP contribution in [0.5, 0.6) is 0 Å². The SMILES string of the molecule is Cc1ccc(-c2nn(-c3ccccc3)c3c2ccc2ncccc23)cc1. The molecule has 26 heavy (non-hydrogen) atoms. The van der Waals surface area contributed by atoms with Gasteiger partial charge in [-0.05, 0) is 43.3 Å². The maximum absolute atomic E-state index is 5.00. The molecule has 0 aliphatic heterocycles. The van der Waals surface area contributed by atoms with E-state index in [1.165, 1.54) is 5.56 Å². The van der Waals surface area contributed by atoms with E-state index in [1.807, 2.05) is 35.1 Å². The Bertz CT molecular complexity index is 1220. The normalized spacial score (nSPS) is 11.3. The summed E-state index contributed by atoms with van der Waals surface area (Å²) in [7, 11) is 0. The topological polar surface area (TPSA) is 30.7 Å². The second-order valence-corrected chi connectivity index (χ2v) is 6.49. The molecule has 0 fully saturated rings. The number of rotatable bonds is 2. The van der Waals surface area contributed by atoms with Gasteiger partial charge in [-0.2, -0.15) is 5.10 Å². The van der Waals surface area contributed by atoms with Gasteiger partial charge >= 0.3 is 0 Å². The lowest BCUT2D eigenvalue weighted by Crippen LogP contribution is -1.96. The average molecular weight is 335 g/mol. The van der Waals surface area contributed by atoms with E-state index in [2.05, 4.69) is 66.5 Å². The highest BCUT2D eigenvalue weighted by Crippen LogP contribution is 2.34. The number of hydrogen-bond donors (Lipinski definition) is 0. The summed E-state index contributed by atoms with van der Waals surface area (Å²) in [6, 6.07) is 27.1. The molecular weight excluding hydrogens is 318 g/mol. The number of para-hydroxylation sites is 1. The molecule has 2 aromatic heterocycles.